The van der Waals surface area contributed by atoms with E-state index in [0.29, 0.717) is 18.5 Å². The third-order valence-corrected chi connectivity index (χ3v) is 7.81. The maximum absolute atomic E-state index is 14.1. The lowest BCUT2D eigenvalue weighted by Crippen LogP contribution is -2.60. The van der Waals surface area contributed by atoms with Gasteiger partial charge in [0, 0.05) is 42.6 Å². The van der Waals surface area contributed by atoms with Crippen LogP contribution in [0, 0.1) is 0 Å². The number of alkyl carbamates (subject to hydrolysis) is 1. The Kier molecular flexibility index (Phi) is 6.80. The summed E-state index contributed by atoms with van der Waals surface area (Å²) < 4.78 is 48.3. The maximum Gasteiger partial charge on any atom is 0.407 e. The van der Waals surface area contributed by atoms with Crippen LogP contribution in [0.25, 0.3) is 10.8 Å². The predicted molar refractivity (Wildman–Crippen MR) is 133 cm³/mol. The quantitative estimate of drug-likeness (QED) is 0.549. The summed E-state index contributed by atoms with van der Waals surface area (Å²) in [6.45, 7) is 9.01. The highest BCUT2D eigenvalue weighted by molar-refractivity contribution is 7.89. The Labute approximate surface area is 210 Å². The first-order chi connectivity index (χ1) is 16.1. The molecule has 2 heterocycles. The Balaban J connectivity index is 1.60. The monoisotopic (exact) mass is 526 g/mol. The minimum atomic E-state index is -4.01. The number of rotatable bonds is 6. The van der Waals surface area contributed by atoms with Gasteiger partial charge in [-0.3, -0.25) is 4.90 Å². The third kappa shape index (κ3) is 5.87. The molecule has 1 aliphatic carbocycles. The molecule has 1 unspecified atom stereocenters. The topological polar surface area (TPSA) is 101 Å². The number of hydrogen-bond acceptors (Lipinski definition) is 6. The summed E-state index contributed by atoms with van der Waals surface area (Å²) in [6, 6.07) is 3.21. The van der Waals surface area contributed by atoms with Gasteiger partial charge in [0.15, 0.2) is 0 Å². The molecule has 1 saturated heterocycles. The molecule has 0 radical (unpaired) electrons. The van der Waals surface area contributed by atoms with Gasteiger partial charge < -0.3 is 10.1 Å². The zero-order chi connectivity index (χ0) is 25.8. The van der Waals surface area contributed by atoms with Crippen molar-refractivity contribution in [1.82, 2.24) is 19.9 Å². The smallest absolute Gasteiger partial charge is 0.407 e. The van der Waals surface area contributed by atoms with Crippen molar-refractivity contribution in [2.24, 2.45) is 0 Å². The summed E-state index contributed by atoms with van der Waals surface area (Å²) in [5, 5.41) is 4.28. The van der Waals surface area contributed by atoms with E-state index in [2.05, 4.69) is 19.9 Å². The fourth-order valence-electron chi connectivity index (χ4n) is 4.63. The van der Waals surface area contributed by atoms with Gasteiger partial charge in [0.05, 0.1) is 10.9 Å². The van der Waals surface area contributed by atoms with E-state index in [1.807, 2.05) is 20.8 Å². The van der Waals surface area contributed by atoms with Gasteiger partial charge >= 0.3 is 6.09 Å². The number of likely N-dealkylation sites (tertiary alicyclic amines) is 1. The number of halogens is 2. The predicted octanol–water partition coefficient (Wildman–Crippen LogP) is 4.11. The largest absolute Gasteiger partial charge is 0.444 e. The molecular formula is C24H32ClFN4O4S. The average molecular weight is 527 g/mol. The molecule has 1 amide bonds. The highest BCUT2D eigenvalue weighted by Crippen LogP contribution is 2.43. The highest BCUT2D eigenvalue weighted by atomic mass is 35.5. The van der Waals surface area contributed by atoms with Crippen LogP contribution in [0.2, 0.25) is 5.15 Å². The van der Waals surface area contributed by atoms with E-state index in [-0.39, 0.29) is 28.7 Å². The summed E-state index contributed by atoms with van der Waals surface area (Å²) in [5.41, 5.74) is -0.307. The number of amides is 1. The lowest BCUT2D eigenvalue weighted by atomic mass is 9.98. The van der Waals surface area contributed by atoms with Crippen LogP contribution in [-0.2, 0) is 21.2 Å². The molecular weight excluding hydrogens is 495 g/mol. The molecule has 1 aromatic carbocycles. The maximum atomic E-state index is 14.1. The first-order valence-electron chi connectivity index (χ1n) is 11.7. The third-order valence-electron chi connectivity index (χ3n) is 6.17. The van der Waals surface area contributed by atoms with Crippen LogP contribution in [-0.4, -0.2) is 61.3 Å². The normalized spacial score (nSPS) is 19.5. The van der Waals surface area contributed by atoms with Crippen LogP contribution in [0.3, 0.4) is 0 Å². The van der Waals surface area contributed by atoms with Crippen molar-refractivity contribution in [3.63, 3.8) is 0 Å². The molecule has 1 fully saturated rings. The molecule has 0 saturated carbocycles. The lowest BCUT2D eigenvalue weighted by Gasteiger charge is -2.43. The van der Waals surface area contributed by atoms with Gasteiger partial charge in [-0.15, -0.1) is 0 Å². The number of aromatic nitrogens is 1. The number of carbonyl (C=O) groups excluding carboxylic acids is 1. The number of alkyl halides is 1. The highest BCUT2D eigenvalue weighted by Gasteiger charge is 2.39. The average Bonchev–Trinajstić information content (AvgIpc) is 3.09. The van der Waals surface area contributed by atoms with Crippen LogP contribution >= 0.6 is 11.6 Å². The summed E-state index contributed by atoms with van der Waals surface area (Å²) in [7, 11) is -4.01. The van der Waals surface area contributed by atoms with E-state index < -0.39 is 27.4 Å². The number of ether oxygens (including phenoxy) is 1. The molecule has 11 heteroatoms. The summed E-state index contributed by atoms with van der Waals surface area (Å²) >= 11 is 6.11. The number of pyridine rings is 1. The second kappa shape index (κ2) is 9.14. The standard InChI is InChI=1S/C24H32ClFN4O4S/c1-23(2,3)34-22(31)29-14-11-30(12-14)19-7-6-15-16(19)8-20(17-9-21(25)27-10-18(15)17)35(32,33)28-13-24(4,5)26/h8-10,14,19,28H,6-7,11-13H2,1-5H3,(H,29,31). The Morgan fingerprint density at radius 1 is 1.23 bits per heavy atom. The second-order valence-electron chi connectivity index (χ2n) is 10.9. The molecule has 1 atom stereocenters. The van der Waals surface area contributed by atoms with Crippen molar-refractivity contribution in [3.8, 4) is 0 Å². The Hall–Kier alpha value is -2.01. The molecule has 1 aliphatic heterocycles. The molecule has 4 rings (SSSR count). The van der Waals surface area contributed by atoms with Gasteiger partial charge in [0.2, 0.25) is 10.0 Å². The van der Waals surface area contributed by atoms with Crippen molar-refractivity contribution >= 4 is 38.5 Å². The molecule has 2 aliphatic rings. The number of aryl methyl sites for hydroxylation is 1. The van der Waals surface area contributed by atoms with Gasteiger partial charge in [-0.1, -0.05) is 11.6 Å². The molecule has 192 valence electrons. The van der Waals surface area contributed by atoms with Gasteiger partial charge in [0.25, 0.3) is 0 Å². The number of hydrogen-bond donors (Lipinski definition) is 2. The first-order valence-corrected chi connectivity index (χ1v) is 13.5. The van der Waals surface area contributed by atoms with E-state index in [0.717, 1.165) is 29.4 Å². The van der Waals surface area contributed by atoms with Crippen LogP contribution in [0.4, 0.5) is 9.18 Å². The fourth-order valence-corrected chi connectivity index (χ4v) is 6.21. The summed E-state index contributed by atoms with van der Waals surface area (Å²) in [5.74, 6) is 0. The zero-order valence-corrected chi connectivity index (χ0v) is 22.2. The van der Waals surface area contributed by atoms with Crippen LogP contribution in [0.5, 0.6) is 0 Å². The number of nitrogens with one attached hydrogen (secondary N) is 2. The summed E-state index contributed by atoms with van der Waals surface area (Å²) in [6.07, 6.45) is 2.75. The summed E-state index contributed by atoms with van der Waals surface area (Å²) in [4.78, 5) is 18.6. The van der Waals surface area contributed by atoms with Crippen molar-refractivity contribution in [2.75, 3.05) is 19.6 Å². The molecule has 2 aromatic rings. The van der Waals surface area contributed by atoms with Crippen LogP contribution in [0.15, 0.2) is 23.2 Å². The lowest BCUT2D eigenvalue weighted by molar-refractivity contribution is 0.0320. The van der Waals surface area contributed by atoms with E-state index in [9.17, 15) is 17.6 Å². The fraction of sp³-hybridized carbons (Fsp3) is 0.583. The van der Waals surface area contributed by atoms with E-state index >= 15 is 0 Å². The van der Waals surface area contributed by atoms with Crippen LogP contribution in [0.1, 0.15) is 58.2 Å². The Morgan fingerprint density at radius 2 is 1.91 bits per heavy atom. The van der Waals surface area contributed by atoms with Crippen LogP contribution < -0.4 is 10.0 Å². The number of benzene rings is 1. The van der Waals surface area contributed by atoms with Crippen molar-refractivity contribution in [3.05, 3.63) is 34.6 Å². The van der Waals surface area contributed by atoms with Crippen molar-refractivity contribution < 1.29 is 22.3 Å². The van der Waals surface area contributed by atoms with Gasteiger partial charge in [-0.25, -0.2) is 27.3 Å². The number of fused-ring (bicyclic) bond motifs is 3. The van der Waals surface area contributed by atoms with Crippen molar-refractivity contribution in [1.29, 1.82) is 0 Å². The minimum Gasteiger partial charge on any atom is -0.444 e. The Morgan fingerprint density at radius 3 is 2.54 bits per heavy atom. The molecule has 35 heavy (non-hydrogen) atoms. The minimum absolute atomic E-state index is 0.00771. The van der Waals surface area contributed by atoms with Gasteiger partial charge in [-0.2, -0.15) is 0 Å². The molecule has 0 spiro atoms. The molecule has 1 aromatic heterocycles. The molecule has 2 N–H and O–H groups in total. The second-order valence-corrected chi connectivity index (χ2v) is 13.0. The Bertz CT molecular complexity index is 1250. The number of sulfonamides is 1. The van der Waals surface area contributed by atoms with E-state index in [1.54, 1.807) is 18.3 Å². The number of carbonyl (C=O) groups is 1. The van der Waals surface area contributed by atoms with E-state index in [1.165, 1.54) is 13.8 Å². The zero-order valence-electron chi connectivity index (χ0n) is 20.6. The first kappa shape index (κ1) is 26.1. The molecule has 8 nitrogen and oxygen atoms in total. The van der Waals surface area contributed by atoms with Crippen molar-refractivity contribution in [2.45, 2.75) is 75.7 Å². The molecule has 0 bridgehead atoms. The SMILES string of the molecule is CC(C)(F)CNS(=O)(=O)c1cc2c(c3cnc(Cl)cc13)CCC2N1CC(NC(=O)OC(C)(C)C)C1. The van der Waals surface area contributed by atoms with Gasteiger partial charge in [0.1, 0.15) is 16.4 Å². The van der Waals surface area contributed by atoms with E-state index in [4.69, 9.17) is 16.3 Å². The van der Waals surface area contributed by atoms with Gasteiger partial charge in [-0.05, 0) is 70.7 Å². The number of nitrogens with zero attached hydrogens (tertiary/aromatic N) is 2.